The highest BCUT2D eigenvalue weighted by atomic mass is 16.5. The van der Waals surface area contributed by atoms with Crippen LogP contribution in [-0.2, 0) is 14.3 Å². The normalized spacial score (nSPS) is 16.8. The predicted octanol–water partition coefficient (Wildman–Crippen LogP) is 3.13. The molecule has 2 aromatic carbocycles. The number of anilines is 1. The number of esters is 1. The van der Waals surface area contributed by atoms with Gasteiger partial charge in [-0.2, -0.15) is 5.10 Å². The van der Waals surface area contributed by atoms with Crippen molar-refractivity contribution < 1.29 is 19.1 Å². The Kier molecular flexibility index (Phi) is 5.31. The highest BCUT2D eigenvalue weighted by Crippen LogP contribution is 2.31. The number of hydrogen-bond donors (Lipinski definition) is 0. The molecule has 2 aromatic rings. The van der Waals surface area contributed by atoms with E-state index in [0.29, 0.717) is 11.4 Å². The summed E-state index contributed by atoms with van der Waals surface area (Å²) in [5.41, 5.74) is 1.67. The molecule has 0 spiro atoms. The molecule has 1 aliphatic rings. The summed E-state index contributed by atoms with van der Waals surface area (Å²) in [6.45, 7) is 1.99. The fourth-order valence-electron chi connectivity index (χ4n) is 2.87. The van der Waals surface area contributed by atoms with Crippen LogP contribution in [0.2, 0.25) is 0 Å². The average molecular weight is 352 g/mol. The number of hydrazone groups is 1. The molecule has 0 fully saturated rings. The van der Waals surface area contributed by atoms with Crippen molar-refractivity contribution in [3.8, 4) is 5.75 Å². The van der Waals surface area contributed by atoms with Gasteiger partial charge in [-0.15, -0.1) is 0 Å². The maximum Gasteiger partial charge on any atom is 0.355 e. The zero-order chi connectivity index (χ0) is 18.5. The number of nitrogens with zero attached hydrogens (tertiary/aromatic N) is 2. The minimum atomic E-state index is -0.507. The molecule has 3 rings (SSSR count). The van der Waals surface area contributed by atoms with Crippen molar-refractivity contribution in [3.63, 3.8) is 0 Å². The molecule has 6 nitrogen and oxygen atoms in total. The largest absolute Gasteiger partial charge is 0.497 e. The Balaban J connectivity index is 2.00. The van der Waals surface area contributed by atoms with Crippen LogP contribution in [-0.4, -0.2) is 31.3 Å². The number of benzene rings is 2. The first-order valence-corrected chi connectivity index (χ1v) is 8.41. The van der Waals surface area contributed by atoms with E-state index in [9.17, 15) is 9.59 Å². The van der Waals surface area contributed by atoms with Crippen molar-refractivity contribution in [2.45, 2.75) is 19.3 Å². The van der Waals surface area contributed by atoms with E-state index in [1.54, 1.807) is 38.3 Å². The quantitative estimate of drug-likeness (QED) is 0.775. The van der Waals surface area contributed by atoms with E-state index in [4.69, 9.17) is 9.47 Å². The van der Waals surface area contributed by atoms with E-state index in [0.717, 1.165) is 5.56 Å². The minimum Gasteiger partial charge on any atom is -0.497 e. The molecule has 0 aromatic heterocycles. The van der Waals surface area contributed by atoms with Crippen LogP contribution in [0.4, 0.5) is 5.69 Å². The van der Waals surface area contributed by atoms with Crippen LogP contribution in [0.15, 0.2) is 59.7 Å². The molecule has 0 saturated heterocycles. The van der Waals surface area contributed by atoms with Gasteiger partial charge in [-0.25, -0.2) is 9.80 Å². The molecular formula is C20H20N2O4. The van der Waals surface area contributed by atoms with Crippen molar-refractivity contribution in [2.24, 2.45) is 5.10 Å². The first kappa shape index (κ1) is 17.7. The molecule has 26 heavy (non-hydrogen) atoms. The lowest BCUT2D eigenvalue weighted by molar-refractivity contribution is -0.135. The summed E-state index contributed by atoms with van der Waals surface area (Å²) in [5, 5.41) is 5.61. The summed E-state index contributed by atoms with van der Waals surface area (Å²) in [5.74, 6) is -0.434. The highest BCUT2D eigenvalue weighted by molar-refractivity contribution is 6.40. The van der Waals surface area contributed by atoms with Gasteiger partial charge < -0.3 is 9.47 Å². The SMILES string of the molecule is CCOC(=O)C1=NN(c2ccc(OC)cc2)C(=O)C[C@@H]1c1ccccc1. The molecule has 0 aliphatic carbocycles. The predicted molar refractivity (Wildman–Crippen MR) is 98.3 cm³/mol. The minimum absolute atomic E-state index is 0.147. The van der Waals surface area contributed by atoms with Gasteiger partial charge in [-0.3, -0.25) is 4.79 Å². The van der Waals surface area contributed by atoms with Crippen molar-refractivity contribution in [1.29, 1.82) is 0 Å². The zero-order valence-electron chi connectivity index (χ0n) is 14.7. The number of amides is 1. The van der Waals surface area contributed by atoms with E-state index >= 15 is 0 Å². The van der Waals surface area contributed by atoms with E-state index in [1.807, 2.05) is 30.3 Å². The van der Waals surface area contributed by atoms with Crippen LogP contribution in [0.5, 0.6) is 5.75 Å². The number of carbonyl (C=O) groups is 2. The van der Waals surface area contributed by atoms with Crippen LogP contribution in [0.1, 0.15) is 24.8 Å². The maximum absolute atomic E-state index is 12.7. The lowest BCUT2D eigenvalue weighted by atomic mass is 9.89. The number of ether oxygens (including phenoxy) is 2. The Labute approximate surface area is 152 Å². The van der Waals surface area contributed by atoms with Gasteiger partial charge in [0.1, 0.15) is 5.75 Å². The smallest absolute Gasteiger partial charge is 0.355 e. The molecule has 0 radical (unpaired) electrons. The fourth-order valence-corrected chi connectivity index (χ4v) is 2.87. The van der Waals surface area contributed by atoms with Crippen molar-refractivity contribution in [3.05, 3.63) is 60.2 Å². The van der Waals surface area contributed by atoms with Crippen molar-refractivity contribution in [1.82, 2.24) is 0 Å². The van der Waals surface area contributed by atoms with Gasteiger partial charge in [0.2, 0.25) is 5.91 Å². The summed E-state index contributed by atoms with van der Waals surface area (Å²) in [6, 6.07) is 16.3. The third kappa shape index (κ3) is 3.59. The van der Waals surface area contributed by atoms with Crippen LogP contribution < -0.4 is 9.75 Å². The summed E-state index contributed by atoms with van der Waals surface area (Å²) < 4.78 is 10.3. The van der Waals surface area contributed by atoms with Gasteiger partial charge in [0, 0.05) is 12.3 Å². The van der Waals surface area contributed by atoms with E-state index in [1.165, 1.54) is 5.01 Å². The van der Waals surface area contributed by atoms with Crippen LogP contribution in [0, 0.1) is 0 Å². The summed E-state index contributed by atoms with van der Waals surface area (Å²) >= 11 is 0. The lowest BCUT2D eigenvalue weighted by Crippen LogP contribution is -2.39. The third-order valence-corrected chi connectivity index (χ3v) is 4.16. The fraction of sp³-hybridized carbons (Fsp3) is 0.250. The first-order chi connectivity index (χ1) is 12.6. The van der Waals surface area contributed by atoms with E-state index in [2.05, 4.69) is 5.10 Å². The molecule has 1 heterocycles. The summed E-state index contributed by atoms with van der Waals surface area (Å²) in [6.07, 6.45) is 0.147. The van der Waals surface area contributed by atoms with E-state index in [-0.39, 0.29) is 24.6 Å². The first-order valence-electron chi connectivity index (χ1n) is 8.41. The molecule has 134 valence electrons. The Hall–Kier alpha value is -3.15. The molecule has 0 saturated carbocycles. The second kappa shape index (κ2) is 7.82. The van der Waals surface area contributed by atoms with Gasteiger partial charge in [0.05, 0.1) is 19.4 Å². The van der Waals surface area contributed by atoms with Gasteiger partial charge in [0.25, 0.3) is 0 Å². The van der Waals surface area contributed by atoms with Gasteiger partial charge in [0.15, 0.2) is 5.71 Å². The number of rotatable bonds is 5. The van der Waals surface area contributed by atoms with Crippen molar-refractivity contribution in [2.75, 3.05) is 18.7 Å². The molecule has 1 amide bonds. The monoisotopic (exact) mass is 352 g/mol. The standard InChI is InChI=1S/C20H20N2O4/c1-3-26-20(24)19-17(14-7-5-4-6-8-14)13-18(23)22(21-19)15-9-11-16(25-2)12-10-15/h4-12,17H,3,13H2,1-2H3/t17-/m1/s1. The van der Waals surface area contributed by atoms with Gasteiger partial charge in [-0.1, -0.05) is 30.3 Å². The molecule has 1 aliphatic heterocycles. The molecule has 0 N–H and O–H groups in total. The highest BCUT2D eigenvalue weighted by Gasteiger charge is 2.35. The summed E-state index contributed by atoms with van der Waals surface area (Å²) in [4.78, 5) is 25.1. The molecule has 0 unspecified atom stereocenters. The second-order valence-corrected chi connectivity index (χ2v) is 5.78. The Morgan fingerprint density at radius 3 is 2.46 bits per heavy atom. The topological polar surface area (TPSA) is 68.2 Å². The summed E-state index contributed by atoms with van der Waals surface area (Å²) in [7, 11) is 1.57. The number of carbonyl (C=O) groups excluding carboxylic acids is 2. The Morgan fingerprint density at radius 1 is 1.15 bits per heavy atom. The average Bonchev–Trinajstić information content (AvgIpc) is 2.68. The molecule has 0 bridgehead atoms. The second-order valence-electron chi connectivity index (χ2n) is 5.78. The number of methoxy groups -OCH3 is 1. The van der Waals surface area contributed by atoms with Crippen LogP contribution in [0.3, 0.4) is 0 Å². The van der Waals surface area contributed by atoms with Crippen LogP contribution in [0.25, 0.3) is 0 Å². The zero-order valence-corrected chi connectivity index (χ0v) is 14.7. The molecule has 6 heteroatoms. The lowest BCUT2D eigenvalue weighted by Gasteiger charge is -2.28. The number of hydrogen-bond acceptors (Lipinski definition) is 5. The molecular weight excluding hydrogens is 332 g/mol. The molecule has 1 atom stereocenters. The maximum atomic E-state index is 12.7. The van der Waals surface area contributed by atoms with Gasteiger partial charge in [-0.05, 0) is 36.8 Å². The third-order valence-electron chi connectivity index (χ3n) is 4.16. The van der Waals surface area contributed by atoms with Gasteiger partial charge >= 0.3 is 5.97 Å². The Morgan fingerprint density at radius 2 is 1.85 bits per heavy atom. The van der Waals surface area contributed by atoms with Crippen LogP contribution >= 0.6 is 0 Å². The van der Waals surface area contributed by atoms with E-state index < -0.39 is 11.9 Å². The van der Waals surface area contributed by atoms with Crippen molar-refractivity contribution >= 4 is 23.3 Å². The Bertz CT molecular complexity index is 815.